The van der Waals surface area contributed by atoms with Crippen LogP contribution in [0.4, 0.5) is 5.69 Å². The van der Waals surface area contributed by atoms with Crippen LogP contribution in [-0.4, -0.2) is 17.6 Å². The first-order chi connectivity index (χ1) is 14.2. The van der Waals surface area contributed by atoms with Crippen LogP contribution in [0.5, 0.6) is 0 Å². The Morgan fingerprint density at radius 3 is 2.30 bits per heavy atom. The lowest BCUT2D eigenvalue weighted by Crippen LogP contribution is -2.43. The number of nitrogens with zero attached hydrogens (tertiary/aromatic N) is 1. The number of hydrogen-bond acceptors (Lipinski definition) is 4. The van der Waals surface area contributed by atoms with E-state index in [2.05, 4.69) is 31.2 Å². The maximum Gasteiger partial charge on any atom is 0.365 e. The molecule has 4 rings (SSSR count). The van der Waals surface area contributed by atoms with Crippen molar-refractivity contribution >= 4 is 23.3 Å². The van der Waals surface area contributed by atoms with Crippen molar-refractivity contribution in [3.8, 4) is 0 Å². The van der Waals surface area contributed by atoms with Crippen molar-refractivity contribution in [2.45, 2.75) is 47.0 Å². The molecule has 0 heterocycles. The summed E-state index contributed by atoms with van der Waals surface area (Å²) in [5.41, 5.74) is 1.94. The molecule has 0 radical (unpaired) electrons. The predicted molar refractivity (Wildman–Crippen MR) is 117 cm³/mol. The smallest absolute Gasteiger partial charge is 0.326 e. The zero-order valence-electron chi connectivity index (χ0n) is 18.0. The summed E-state index contributed by atoms with van der Waals surface area (Å²) in [6, 6.07) is 16.7. The van der Waals surface area contributed by atoms with Gasteiger partial charge in [0.05, 0.1) is 16.7 Å². The maximum atomic E-state index is 13.4. The number of carbonyl (C=O) groups is 2. The Morgan fingerprint density at radius 2 is 1.63 bits per heavy atom. The van der Waals surface area contributed by atoms with Crippen molar-refractivity contribution in [3.63, 3.8) is 0 Å². The standard InChI is InChI=1S/C25H28N2O3/c1-17-10-12-18(13-11-17)21(28)30-27-20-16-25(15-14-24(20,4)23(25,2)3)22(29)26-19-8-6-5-7-9-19/h5-13H,14-16H2,1-4H3,(H,26,29). The summed E-state index contributed by atoms with van der Waals surface area (Å²) in [4.78, 5) is 31.2. The van der Waals surface area contributed by atoms with Crippen LogP contribution in [0, 0.1) is 23.2 Å². The molecule has 2 aromatic rings. The number of carbonyl (C=O) groups excluding carboxylic acids is 2. The van der Waals surface area contributed by atoms with E-state index < -0.39 is 11.4 Å². The van der Waals surface area contributed by atoms with E-state index in [1.54, 1.807) is 12.1 Å². The van der Waals surface area contributed by atoms with Gasteiger partial charge < -0.3 is 10.2 Å². The van der Waals surface area contributed by atoms with Gasteiger partial charge in [0, 0.05) is 17.5 Å². The molecule has 2 aromatic carbocycles. The van der Waals surface area contributed by atoms with Crippen LogP contribution in [0.1, 0.15) is 56.0 Å². The average molecular weight is 405 g/mol. The van der Waals surface area contributed by atoms with Gasteiger partial charge in [0.2, 0.25) is 5.91 Å². The predicted octanol–water partition coefficient (Wildman–Crippen LogP) is 5.36. The second-order valence-corrected chi connectivity index (χ2v) is 9.32. The number of nitrogens with one attached hydrogen (secondary N) is 1. The highest BCUT2D eigenvalue weighted by Gasteiger charge is 2.71. The lowest BCUT2D eigenvalue weighted by atomic mass is 9.64. The van der Waals surface area contributed by atoms with E-state index in [-0.39, 0.29) is 16.7 Å². The van der Waals surface area contributed by atoms with Crippen molar-refractivity contribution in [1.82, 2.24) is 0 Å². The number of aryl methyl sites for hydroxylation is 1. The summed E-state index contributed by atoms with van der Waals surface area (Å²) >= 11 is 0. The van der Waals surface area contributed by atoms with E-state index in [1.807, 2.05) is 49.4 Å². The first kappa shape index (κ1) is 20.3. The van der Waals surface area contributed by atoms with Crippen LogP contribution in [0.15, 0.2) is 59.8 Å². The third-order valence-corrected chi connectivity index (χ3v) is 7.73. The Labute approximate surface area is 177 Å². The van der Waals surface area contributed by atoms with Crippen LogP contribution >= 0.6 is 0 Å². The SMILES string of the molecule is Cc1ccc(C(=O)ON=C2CC3(C(=O)Nc4ccccc4)CCC2(C)C3(C)C)cc1. The maximum absolute atomic E-state index is 13.4. The number of para-hydroxylation sites is 1. The number of oxime groups is 1. The summed E-state index contributed by atoms with van der Waals surface area (Å²) in [6.07, 6.45) is 2.12. The van der Waals surface area contributed by atoms with Gasteiger partial charge in [0.1, 0.15) is 0 Å². The monoisotopic (exact) mass is 404 g/mol. The van der Waals surface area contributed by atoms with Crippen LogP contribution in [0.25, 0.3) is 0 Å². The third kappa shape index (κ3) is 2.95. The van der Waals surface area contributed by atoms with Gasteiger partial charge in [-0.2, -0.15) is 0 Å². The highest BCUT2D eigenvalue weighted by Crippen LogP contribution is 2.71. The summed E-state index contributed by atoms with van der Waals surface area (Å²) in [5, 5.41) is 7.38. The number of fused-ring (bicyclic) bond motifs is 2. The molecule has 5 nitrogen and oxygen atoms in total. The van der Waals surface area contributed by atoms with E-state index in [4.69, 9.17) is 4.84 Å². The molecule has 30 heavy (non-hydrogen) atoms. The molecule has 0 spiro atoms. The van der Waals surface area contributed by atoms with E-state index >= 15 is 0 Å². The largest absolute Gasteiger partial charge is 0.365 e. The topological polar surface area (TPSA) is 67.8 Å². The Kier molecular flexibility index (Phi) is 4.80. The fourth-order valence-corrected chi connectivity index (χ4v) is 5.13. The molecule has 1 amide bonds. The number of rotatable bonds is 4. The van der Waals surface area contributed by atoms with Gasteiger partial charge in [0.25, 0.3) is 0 Å². The second-order valence-electron chi connectivity index (χ2n) is 9.32. The molecular formula is C25H28N2O3. The second kappa shape index (κ2) is 7.08. The zero-order valence-corrected chi connectivity index (χ0v) is 18.0. The molecular weight excluding hydrogens is 376 g/mol. The van der Waals surface area contributed by atoms with Crippen LogP contribution < -0.4 is 5.32 Å². The molecule has 2 saturated carbocycles. The summed E-state index contributed by atoms with van der Waals surface area (Å²) < 4.78 is 0. The summed E-state index contributed by atoms with van der Waals surface area (Å²) in [6.45, 7) is 8.37. The molecule has 2 aliphatic rings. The number of anilines is 1. The third-order valence-electron chi connectivity index (χ3n) is 7.73. The highest BCUT2D eigenvalue weighted by molar-refractivity contribution is 6.06. The number of amides is 1. The van der Waals surface area contributed by atoms with Crippen molar-refractivity contribution in [2.24, 2.45) is 21.4 Å². The van der Waals surface area contributed by atoms with Gasteiger partial charge in [-0.1, -0.05) is 61.8 Å². The lowest BCUT2D eigenvalue weighted by molar-refractivity contribution is -0.130. The molecule has 2 aliphatic carbocycles. The lowest BCUT2D eigenvalue weighted by Gasteiger charge is -2.39. The first-order valence-electron chi connectivity index (χ1n) is 10.4. The normalized spacial score (nSPS) is 27.8. The van der Waals surface area contributed by atoms with Crippen molar-refractivity contribution in [3.05, 3.63) is 65.7 Å². The van der Waals surface area contributed by atoms with Gasteiger partial charge in [-0.25, -0.2) is 4.79 Å². The minimum Gasteiger partial charge on any atom is -0.326 e. The van der Waals surface area contributed by atoms with E-state index in [1.165, 1.54) is 0 Å². The van der Waals surface area contributed by atoms with Crippen LogP contribution in [0.3, 0.4) is 0 Å². The zero-order chi connectivity index (χ0) is 21.6. The fourth-order valence-electron chi connectivity index (χ4n) is 5.13. The molecule has 156 valence electrons. The van der Waals surface area contributed by atoms with E-state index in [9.17, 15) is 9.59 Å². The molecule has 0 aromatic heterocycles. The Morgan fingerprint density at radius 1 is 0.967 bits per heavy atom. The quantitative estimate of drug-likeness (QED) is 0.551. The van der Waals surface area contributed by atoms with Crippen molar-refractivity contribution < 1.29 is 14.4 Å². The minimum atomic E-state index is -0.577. The summed E-state index contributed by atoms with van der Waals surface area (Å²) in [5.74, 6) is -0.466. The summed E-state index contributed by atoms with van der Waals surface area (Å²) in [7, 11) is 0. The average Bonchev–Trinajstić information content (AvgIpc) is 3.04. The Hall–Kier alpha value is -2.95. The highest BCUT2D eigenvalue weighted by atomic mass is 16.7. The van der Waals surface area contributed by atoms with Crippen LogP contribution in [0.2, 0.25) is 0 Å². The number of hydrogen-bond donors (Lipinski definition) is 1. The molecule has 2 bridgehead atoms. The Balaban J connectivity index is 1.58. The van der Waals surface area contributed by atoms with E-state index in [0.29, 0.717) is 12.0 Å². The molecule has 5 heteroatoms. The van der Waals surface area contributed by atoms with Gasteiger partial charge >= 0.3 is 5.97 Å². The first-order valence-corrected chi connectivity index (χ1v) is 10.4. The van der Waals surface area contributed by atoms with Crippen LogP contribution in [-0.2, 0) is 9.63 Å². The van der Waals surface area contributed by atoms with E-state index in [0.717, 1.165) is 29.8 Å². The van der Waals surface area contributed by atoms with Gasteiger partial charge in [0.15, 0.2) is 0 Å². The molecule has 0 aliphatic heterocycles. The molecule has 2 fully saturated rings. The molecule has 2 unspecified atom stereocenters. The fraction of sp³-hybridized carbons (Fsp3) is 0.400. The molecule has 1 N–H and O–H groups in total. The van der Waals surface area contributed by atoms with Gasteiger partial charge in [-0.05, 0) is 49.4 Å². The number of benzene rings is 2. The van der Waals surface area contributed by atoms with Crippen molar-refractivity contribution in [1.29, 1.82) is 0 Å². The van der Waals surface area contributed by atoms with Gasteiger partial charge in [-0.3, -0.25) is 4.79 Å². The minimum absolute atomic E-state index is 0.0116. The molecule has 2 atom stereocenters. The van der Waals surface area contributed by atoms with Gasteiger partial charge in [-0.15, -0.1) is 0 Å². The Bertz CT molecular complexity index is 1010. The molecule has 0 saturated heterocycles. The van der Waals surface area contributed by atoms with Crippen molar-refractivity contribution in [2.75, 3.05) is 5.32 Å².